The zero-order chi connectivity index (χ0) is 15.5. The molecule has 0 aromatic carbocycles. The Bertz CT molecular complexity index is 275. The molecule has 0 saturated heterocycles. The Labute approximate surface area is 124 Å². The summed E-state index contributed by atoms with van der Waals surface area (Å²) in [4.78, 5) is 20.1. The van der Waals surface area contributed by atoms with Crippen molar-refractivity contribution < 1.29 is 9.78 Å². The molecule has 0 saturated carbocycles. The minimum atomic E-state index is -0.482. The lowest BCUT2D eigenvalue weighted by Gasteiger charge is -2.29. The average Bonchev–Trinajstić information content (AvgIpc) is 2.46. The molecule has 0 aliphatic heterocycles. The third kappa shape index (κ3) is 7.75. The molecule has 118 valence electrons. The van der Waals surface area contributed by atoms with Gasteiger partial charge in [-0.05, 0) is 39.5 Å². The molecule has 0 bridgehead atoms. The summed E-state index contributed by atoms with van der Waals surface area (Å²) in [5, 5.41) is 0. The van der Waals surface area contributed by atoms with Gasteiger partial charge in [-0.25, -0.2) is 9.78 Å². The van der Waals surface area contributed by atoms with Crippen LogP contribution in [-0.4, -0.2) is 36.7 Å². The fourth-order valence-corrected chi connectivity index (χ4v) is 1.31. The second-order valence-corrected chi connectivity index (χ2v) is 5.57. The fraction of sp³-hybridized carbons (Fsp3) is 0.875. The van der Waals surface area contributed by atoms with Crippen LogP contribution < -0.4 is 0 Å². The van der Waals surface area contributed by atoms with Gasteiger partial charge in [0.1, 0.15) is 11.2 Å². The van der Waals surface area contributed by atoms with E-state index in [0.717, 1.165) is 38.8 Å². The van der Waals surface area contributed by atoms with Gasteiger partial charge in [0.25, 0.3) is 0 Å². The van der Waals surface area contributed by atoms with Crippen LogP contribution in [0.1, 0.15) is 67.2 Å². The highest BCUT2D eigenvalue weighted by Gasteiger charge is 2.28. The Morgan fingerprint density at radius 3 is 1.35 bits per heavy atom. The lowest BCUT2D eigenvalue weighted by Crippen LogP contribution is -2.38. The molecular formula is C16H32N2O2. The Balaban J connectivity index is 4.57. The Hall–Kier alpha value is -0.740. The number of hydrogen-bond donors (Lipinski definition) is 0. The first-order chi connectivity index (χ1) is 9.45. The van der Waals surface area contributed by atoms with E-state index in [-0.39, 0.29) is 0 Å². The van der Waals surface area contributed by atoms with Crippen molar-refractivity contribution in [2.45, 2.75) is 78.4 Å². The molecule has 0 radical (unpaired) electrons. The van der Waals surface area contributed by atoms with Gasteiger partial charge in [0.05, 0.1) is 0 Å². The molecule has 20 heavy (non-hydrogen) atoms. The van der Waals surface area contributed by atoms with E-state index in [1.807, 2.05) is 26.3 Å². The maximum Gasteiger partial charge on any atom is 0.135 e. The van der Waals surface area contributed by atoms with Gasteiger partial charge >= 0.3 is 0 Å². The molecule has 0 spiro atoms. The van der Waals surface area contributed by atoms with Crippen LogP contribution in [0.2, 0.25) is 0 Å². The number of aliphatic imine (C=N–C) groups is 2. The smallest absolute Gasteiger partial charge is 0.135 e. The first-order valence-electron chi connectivity index (χ1n) is 7.84. The molecule has 0 rings (SSSR count). The molecule has 2 unspecified atom stereocenters. The van der Waals surface area contributed by atoms with Crippen molar-refractivity contribution in [3.8, 4) is 0 Å². The van der Waals surface area contributed by atoms with Crippen molar-refractivity contribution in [1.82, 2.24) is 0 Å². The van der Waals surface area contributed by atoms with E-state index in [0.29, 0.717) is 0 Å². The molecule has 0 N–H and O–H groups in total. The molecule has 2 atom stereocenters. The van der Waals surface area contributed by atoms with Crippen LogP contribution in [0.4, 0.5) is 0 Å². The van der Waals surface area contributed by atoms with Gasteiger partial charge in [-0.1, -0.05) is 27.7 Å². The SMILES string of the molecule is CCCN=CC(C)(CC)OOC(C)(C=NCCC)CC. The lowest BCUT2D eigenvalue weighted by molar-refractivity contribution is -0.375. The third-order valence-corrected chi connectivity index (χ3v) is 3.26. The number of nitrogens with zero attached hydrogens (tertiary/aromatic N) is 2. The summed E-state index contributed by atoms with van der Waals surface area (Å²) in [6, 6.07) is 0. The van der Waals surface area contributed by atoms with Crippen LogP contribution in [0, 0.1) is 0 Å². The summed E-state index contributed by atoms with van der Waals surface area (Å²) < 4.78 is 0. The minimum absolute atomic E-state index is 0.482. The number of hydrogen-bond acceptors (Lipinski definition) is 4. The molecular weight excluding hydrogens is 252 g/mol. The first kappa shape index (κ1) is 19.3. The monoisotopic (exact) mass is 284 g/mol. The van der Waals surface area contributed by atoms with Crippen molar-refractivity contribution in [3.63, 3.8) is 0 Å². The highest BCUT2D eigenvalue weighted by atomic mass is 17.2. The predicted molar refractivity (Wildman–Crippen MR) is 86.9 cm³/mol. The quantitative estimate of drug-likeness (QED) is 0.324. The van der Waals surface area contributed by atoms with Crippen molar-refractivity contribution in [1.29, 1.82) is 0 Å². The highest BCUT2D eigenvalue weighted by molar-refractivity contribution is 5.69. The predicted octanol–water partition coefficient (Wildman–Crippen LogP) is 4.23. The van der Waals surface area contributed by atoms with Crippen LogP contribution in [0.5, 0.6) is 0 Å². The second-order valence-electron chi connectivity index (χ2n) is 5.57. The largest absolute Gasteiger partial charge is 0.294 e. The summed E-state index contributed by atoms with van der Waals surface area (Å²) in [5.41, 5.74) is -0.964. The van der Waals surface area contributed by atoms with Crippen molar-refractivity contribution >= 4 is 12.4 Å². The highest BCUT2D eigenvalue weighted by Crippen LogP contribution is 2.20. The normalized spacial score (nSPS) is 18.5. The van der Waals surface area contributed by atoms with Crippen molar-refractivity contribution in [2.75, 3.05) is 13.1 Å². The number of rotatable bonds is 11. The molecule has 0 aromatic rings. The van der Waals surface area contributed by atoms with E-state index in [2.05, 4.69) is 37.7 Å². The summed E-state index contributed by atoms with van der Waals surface area (Å²) in [5.74, 6) is 0. The molecule has 4 heteroatoms. The van der Waals surface area contributed by atoms with E-state index in [4.69, 9.17) is 9.78 Å². The van der Waals surface area contributed by atoms with Crippen molar-refractivity contribution in [3.05, 3.63) is 0 Å². The van der Waals surface area contributed by atoms with Gasteiger partial charge in [-0.2, -0.15) is 0 Å². The molecule has 0 heterocycles. The fourth-order valence-electron chi connectivity index (χ4n) is 1.31. The van der Waals surface area contributed by atoms with Gasteiger partial charge < -0.3 is 0 Å². The molecule has 0 amide bonds. The molecule has 0 aliphatic rings. The van der Waals surface area contributed by atoms with E-state index in [1.54, 1.807) is 0 Å². The third-order valence-electron chi connectivity index (χ3n) is 3.26. The van der Waals surface area contributed by atoms with Gasteiger partial charge in [0, 0.05) is 25.5 Å². The Morgan fingerprint density at radius 2 is 1.10 bits per heavy atom. The van der Waals surface area contributed by atoms with Crippen LogP contribution in [0.3, 0.4) is 0 Å². The van der Waals surface area contributed by atoms with Gasteiger partial charge in [-0.15, -0.1) is 0 Å². The minimum Gasteiger partial charge on any atom is -0.294 e. The molecule has 0 aromatic heterocycles. The zero-order valence-electron chi connectivity index (χ0n) is 14.1. The topological polar surface area (TPSA) is 43.2 Å². The Morgan fingerprint density at radius 1 is 0.750 bits per heavy atom. The average molecular weight is 284 g/mol. The first-order valence-corrected chi connectivity index (χ1v) is 7.84. The lowest BCUT2D eigenvalue weighted by atomic mass is 10.1. The van der Waals surface area contributed by atoms with Gasteiger partial charge in [0.2, 0.25) is 0 Å². The zero-order valence-corrected chi connectivity index (χ0v) is 14.1. The standard InChI is InChI=1S/C16H32N2O2/c1-7-11-17-13-15(5,9-3)19-20-16(6,10-4)14-18-12-8-2/h13-14H,7-12H2,1-6H3. The maximum absolute atomic E-state index is 5.67. The molecule has 0 fully saturated rings. The molecule has 0 aliphatic carbocycles. The van der Waals surface area contributed by atoms with E-state index in [9.17, 15) is 0 Å². The summed E-state index contributed by atoms with van der Waals surface area (Å²) in [6.45, 7) is 14.0. The van der Waals surface area contributed by atoms with E-state index >= 15 is 0 Å². The van der Waals surface area contributed by atoms with E-state index in [1.165, 1.54) is 0 Å². The van der Waals surface area contributed by atoms with Crippen LogP contribution in [-0.2, 0) is 9.78 Å². The van der Waals surface area contributed by atoms with Crippen LogP contribution in [0.25, 0.3) is 0 Å². The summed E-state index contributed by atoms with van der Waals surface area (Å²) in [6.07, 6.45) is 7.41. The van der Waals surface area contributed by atoms with Crippen LogP contribution >= 0.6 is 0 Å². The second kappa shape index (κ2) is 10.1. The van der Waals surface area contributed by atoms with Crippen LogP contribution in [0.15, 0.2) is 9.98 Å². The van der Waals surface area contributed by atoms with Crippen molar-refractivity contribution in [2.24, 2.45) is 9.98 Å². The molecule has 4 nitrogen and oxygen atoms in total. The van der Waals surface area contributed by atoms with Gasteiger partial charge in [0.15, 0.2) is 0 Å². The Kier molecular flexibility index (Phi) is 9.68. The van der Waals surface area contributed by atoms with E-state index < -0.39 is 11.2 Å². The summed E-state index contributed by atoms with van der Waals surface area (Å²) >= 11 is 0. The van der Waals surface area contributed by atoms with Gasteiger partial charge in [-0.3, -0.25) is 9.98 Å². The maximum atomic E-state index is 5.67. The summed E-state index contributed by atoms with van der Waals surface area (Å²) in [7, 11) is 0.